The van der Waals surface area contributed by atoms with Gasteiger partial charge in [0.25, 0.3) is 0 Å². The van der Waals surface area contributed by atoms with E-state index in [2.05, 4.69) is 56.6 Å². The Morgan fingerprint density at radius 3 is 2.42 bits per heavy atom. The van der Waals surface area contributed by atoms with Gasteiger partial charge in [0.2, 0.25) is 8.32 Å². The molecule has 1 fully saturated rings. The van der Waals surface area contributed by atoms with E-state index in [9.17, 15) is 13.5 Å². The molecule has 0 unspecified atom stereocenters. The van der Waals surface area contributed by atoms with Gasteiger partial charge in [0.1, 0.15) is 23.3 Å². The van der Waals surface area contributed by atoms with E-state index in [0.29, 0.717) is 44.9 Å². The fourth-order valence-corrected chi connectivity index (χ4v) is 12.0. The number of hydrogen-bond donors (Lipinski definition) is 3. The monoisotopic (exact) mass is 562 g/mol. The molecule has 0 aliphatic carbocycles. The van der Waals surface area contributed by atoms with Crippen LogP contribution in [0.5, 0.6) is 0 Å². The summed E-state index contributed by atoms with van der Waals surface area (Å²) in [6.45, 7) is 12.8. The molecule has 204 valence electrons. The molecular formula is C21H38N6O6S2Si. The molecule has 2 aromatic heterocycles. The van der Waals surface area contributed by atoms with E-state index in [1.54, 1.807) is 4.68 Å². The summed E-state index contributed by atoms with van der Waals surface area (Å²) in [5, 5.41) is 20.2. The van der Waals surface area contributed by atoms with Crippen molar-refractivity contribution in [1.29, 1.82) is 0 Å². The first-order valence-electron chi connectivity index (χ1n) is 12.0. The van der Waals surface area contributed by atoms with Crippen LogP contribution in [0.25, 0.3) is 11.0 Å². The van der Waals surface area contributed by atoms with Crippen LogP contribution < -0.4 is 10.9 Å². The Hall–Kier alpha value is -1.33. The summed E-state index contributed by atoms with van der Waals surface area (Å²) in [5.74, 6) is 0.700. The quantitative estimate of drug-likeness (QED) is 0.256. The number of aliphatic hydroxyl groups is 1. The van der Waals surface area contributed by atoms with Gasteiger partial charge < -0.3 is 20.0 Å². The topological polar surface area (TPSA) is 178 Å². The minimum atomic E-state index is -4.17. The van der Waals surface area contributed by atoms with E-state index >= 15 is 0 Å². The van der Waals surface area contributed by atoms with E-state index in [1.165, 1.54) is 18.1 Å². The molecule has 3 rings (SSSR count). The normalized spacial score (nSPS) is 21.5. The van der Waals surface area contributed by atoms with Crippen molar-refractivity contribution in [1.82, 2.24) is 19.7 Å². The second kappa shape index (κ2) is 11.6. The van der Waals surface area contributed by atoms with E-state index in [0.717, 1.165) is 0 Å². The number of hydrogen-bond acceptors (Lipinski definition) is 11. The zero-order chi connectivity index (χ0) is 26.8. The van der Waals surface area contributed by atoms with Crippen LogP contribution in [0.15, 0.2) is 11.4 Å². The number of fused-ring (bicyclic) bond motifs is 1. The minimum absolute atomic E-state index is 0.0260. The SMILES string of the molecule is CC(C)[Si](O[C@H]1C[C@H](n2nc(SCCO)c3c(N)ncnc32)O[C@@H]1COS(N)(=O)=O)(C(C)C)C(C)C. The molecule has 1 aliphatic heterocycles. The summed E-state index contributed by atoms with van der Waals surface area (Å²) < 4.78 is 43.0. The van der Waals surface area contributed by atoms with Crippen LogP contribution in [0.1, 0.15) is 54.2 Å². The zero-order valence-electron chi connectivity index (χ0n) is 21.6. The molecule has 1 saturated heterocycles. The molecule has 5 N–H and O–H groups in total. The number of rotatable bonds is 12. The molecule has 2 aromatic rings. The highest BCUT2D eigenvalue weighted by molar-refractivity contribution is 7.99. The number of nitrogens with two attached hydrogens (primary N) is 2. The number of aromatic nitrogens is 4. The van der Waals surface area contributed by atoms with Gasteiger partial charge in [0.05, 0.1) is 24.7 Å². The summed E-state index contributed by atoms with van der Waals surface area (Å²) in [5.41, 5.74) is 7.57. The van der Waals surface area contributed by atoms with Gasteiger partial charge in [0.15, 0.2) is 11.9 Å². The first-order valence-corrected chi connectivity index (χ1v) is 16.6. The maximum absolute atomic E-state index is 11.6. The maximum atomic E-state index is 11.6. The van der Waals surface area contributed by atoms with Crippen LogP contribution >= 0.6 is 11.8 Å². The summed E-state index contributed by atoms with van der Waals surface area (Å²) >= 11 is 1.34. The van der Waals surface area contributed by atoms with Gasteiger partial charge in [-0.3, -0.25) is 4.18 Å². The molecule has 0 radical (unpaired) electrons. The molecule has 3 heterocycles. The van der Waals surface area contributed by atoms with Crippen LogP contribution in [-0.2, 0) is 23.7 Å². The fraction of sp³-hybridized carbons (Fsp3) is 0.762. The number of thioether (sulfide) groups is 1. The molecule has 36 heavy (non-hydrogen) atoms. The molecular weight excluding hydrogens is 524 g/mol. The molecule has 0 amide bonds. The van der Waals surface area contributed by atoms with E-state index in [-0.39, 0.29) is 19.0 Å². The molecule has 0 aromatic carbocycles. The lowest BCUT2D eigenvalue weighted by molar-refractivity contribution is -0.0400. The minimum Gasteiger partial charge on any atom is -0.410 e. The third-order valence-corrected chi connectivity index (χ3v) is 14.3. The predicted octanol–water partition coefficient (Wildman–Crippen LogP) is 2.56. The number of nitrogen functional groups attached to an aromatic ring is 1. The van der Waals surface area contributed by atoms with Gasteiger partial charge in [-0.1, -0.05) is 41.5 Å². The highest BCUT2D eigenvalue weighted by Gasteiger charge is 2.50. The molecule has 0 bridgehead atoms. The van der Waals surface area contributed by atoms with Gasteiger partial charge in [-0.25, -0.2) is 19.8 Å². The van der Waals surface area contributed by atoms with Crippen molar-refractivity contribution in [3.63, 3.8) is 0 Å². The third-order valence-electron chi connectivity index (χ3n) is 6.73. The summed E-state index contributed by atoms with van der Waals surface area (Å²) in [4.78, 5) is 8.47. The van der Waals surface area contributed by atoms with Crippen molar-refractivity contribution < 1.29 is 26.9 Å². The van der Waals surface area contributed by atoms with Crippen molar-refractivity contribution >= 4 is 47.2 Å². The second-order valence-electron chi connectivity index (χ2n) is 9.90. The largest absolute Gasteiger partial charge is 0.410 e. The fourth-order valence-electron chi connectivity index (χ4n) is 5.36. The predicted molar refractivity (Wildman–Crippen MR) is 141 cm³/mol. The zero-order valence-corrected chi connectivity index (χ0v) is 24.3. The molecule has 3 atom stereocenters. The van der Waals surface area contributed by atoms with Crippen LogP contribution in [0.4, 0.5) is 5.82 Å². The van der Waals surface area contributed by atoms with E-state index in [1.807, 2.05) is 0 Å². The first kappa shape index (κ1) is 29.2. The molecule has 0 spiro atoms. The molecule has 1 aliphatic rings. The summed E-state index contributed by atoms with van der Waals surface area (Å²) in [7, 11) is -6.51. The second-order valence-corrected chi connectivity index (χ2v) is 17.6. The Labute approximate surface area is 217 Å². The Balaban J connectivity index is 2.01. The lowest BCUT2D eigenvalue weighted by Gasteiger charge is -2.44. The van der Waals surface area contributed by atoms with Crippen molar-refractivity contribution in [2.24, 2.45) is 5.14 Å². The van der Waals surface area contributed by atoms with Crippen molar-refractivity contribution in [2.45, 2.75) is 88.0 Å². The Morgan fingerprint density at radius 2 is 1.86 bits per heavy atom. The van der Waals surface area contributed by atoms with Crippen molar-refractivity contribution in [3.8, 4) is 0 Å². The Kier molecular flexibility index (Phi) is 9.41. The van der Waals surface area contributed by atoms with E-state index in [4.69, 9.17) is 24.2 Å². The average molecular weight is 563 g/mol. The van der Waals surface area contributed by atoms with Crippen LogP contribution in [0.3, 0.4) is 0 Å². The van der Waals surface area contributed by atoms with Crippen LogP contribution in [-0.4, -0.2) is 72.8 Å². The van der Waals surface area contributed by atoms with Crippen molar-refractivity contribution in [2.75, 3.05) is 24.7 Å². The number of anilines is 1. The molecule has 12 nitrogen and oxygen atoms in total. The van der Waals surface area contributed by atoms with Gasteiger partial charge in [-0.05, 0) is 16.6 Å². The van der Waals surface area contributed by atoms with Crippen molar-refractivity contribution in [3.05, 3.63) is 6.33 Å². The Bertz CT molecular complexity index is 1120. The smallest absolute Gasteiger partial charge is 0.333 e. The van der Waals surface area contributed by atoms with E-state index < -0.39 is 37.1 Å². The highest BCUT2D eigenvalue weighted by Crippen LogP contribution is 2.46. The number of aliphatic hydroxyl groups excluding tert-OH is 1. The van der Waals surface area contributed by atoms with Crippen LogP contribution in [0, 0.1) is 0 Å². The molecule has 15 heteroatoms. The summed E-state index contributed by atoms with van der Waals surface area (Å²) in [6, 6.07) is 0. The first-order chi connectivity index (χ1) is 16.8. The lowest BCUT2D eigenvalue weighted by Crippen LogP contribution is -2.52. The molecule has 0 saturated carbocycles. The number of nitrogens with zero attached hydrogens (tertiary/aromatic N) is 4. The maximum Gasteiger partial charge on any atom is 0.333 e. The van der Waals surface area contributed by atoms with Gasteiger partial charge in [-0.2, -0.15) is 13.5 Å². The average Bonchev–Trinajstić information content (AvgIpc) is 3.35. The third kappa shape index (κ3) is 6.04. The Morgan fingerprint density at radius 1 is 1.22 bits per heavy atom. The van der Waals surface area contributed by atoms with Gasteiger partial charge in [-0.15, -0.1) is 11.8 Å². The summed E-state index contributed by atoms with van der Waals surface area (Å²) in [6.07, 6.45) is 0.0213. The lowest BCUT2D eigenvalue weighted by atomic mass is 10.2. The highest BCUT2D eigenvalue weighted by atomic mass is 32.2. The van der Waals surface area contributed by atoms with Gasteiger partial charge in [0, 0.05) is 12.2 Å². The standard InChI is InChI=1S/C21H38N6O6S2Si/c1-12(2)36(13(3)4,14(5)6)33-15-9-17(32-16(15)10-31-35(23,29)30)27-20-18(19(22)24-11-25-20)21(26-27)34-8-7-28/h11-17,28H,7-10H2,1-6H3,(H2,22,24,25)(H2,23,29,30)/t15-,16+,17+/m0/s1. The number of ether oxygens (including phenoxy) is 1. The van der Waals surface area contributed by atoms with Gasteiger partial charge >= 0.3 is 10.3 Å². The van der Waals surface area contributed by atoms with Crippen LogP contribution in [0.2, 0.25) is 16.6 Å².